The molecular formula is C17H13BrN2O2. The summed E-state index contributed by atoms with van der Waals surface area (Å²) in [5, 5.41) is 0.825. The molecule has 0 atom stereocenters. The number of ether oxygens (including phenoxy) is 1. The molecule has 2 aromatic carbocycles. The molecule has 0 saturated heterocycles. The van der Waals surface area contributed by atoms with Gasteiger partial charge in [-0.3, -0.25) is 4.79 Å². The van der Waals surface area contributed by atoms with Crippen molar-refractivity contribution in [3.8, 4) is 11.6 Å². The molecule has 0 bridgehead atoms. The lowest BCUT2D eigenvalue weighted by molar-refractivity contribution is 0.0988. The van der Waals surface area contributed by atoms with Gasteiger partial charge in [0.15, 0.2) is 5.78 Å². The maximum Gasteiger partial charge on any atom is 0.230 e. The molecule has 1 aromatic heterocycles. The van der Waals surface area contributed by atoms with E-state index in [2.05, 4.69) is 25.9 Å². The molecule has 4 nitrogen and oxygen atoms in total. The minimum absolute atomic E-state index is 0.114. The van der Waals surface area contributed by atoms with Crippen LogP contribution >= 0.6 is 15.9 Å². The number of aromatic nitrogens is 2. The zero-order valence-corrected chi connectivity index (χ0v) is 13.5. The minimum Gasteiger partial charge on any atom is -0.438 e. The van der Waals surface area contributed by atoms with Crippen molar-refractivity contribution in [1.29, 1.82) is 0 Å². The number of Topliss-reactive ketones (excluding diaryl/α,β-unsaturated/α-hetero) is 1. The summed E-state index contributed by atoms with van der Waals surface area (Å²) in [6.45, 7) is 1.84. The van der Waals surface area contributed by atoms with Gasteiger partial charge in [0.2, 0.25) is 5.88 Å². The number of benzene rings is 2. The Morgan fingerprint density at radius 3 is 2.64 bits per heavy atom. The summed E-state index contributed by atoms with van der Waals surface area (Å²) in [5.74, 6) is 1.23. The molecule has 0 fully saturated rings. The number of fused-ring (bicyclic) bond motifs is 1. The van der Waals surface area contributed by atoms with Crippen LogP contribution in [0.1, 0.15) is 23.7 Å². The van der Waals surface area contributed by atoms with Crippen molar-refractivity contribution < 1.29 is 9.53 Å². The van der Waals surface area contributed by atoms with Crippen LogP contribution in [0.15, 0.2) is 53.3 Å². The second-order valence-electron chi connectivity index (χ2n) is 4.74. The average molecular weight is 357 g/mol. The Balaban J connectivity index is 1.93. The van der Waals surface area contributed by atoms with Crippen molar-refractivity contribution in [2.24, 2.45) is 0 Å². The van der Waals surface area contributed by atoms with Crippen molar-refractivity contribution in [2.45, 2.75) is 13.3 Å². The SMILES string of the molecule is CCC(=O)c1ccc(Oc2ncnc3ccc(Br)cc23)cc1. The van der Waals surface area contributed by atoms with E-state index in [1.807, 2.05) is 25.1 Å². The third kappa shape index (κ3) is 2.99. The lowest BCUT2D eigenvalue weighted by Gasteiger charge is -2.08. The molecule has 0 amide bonds. The molecule has 1 heterocycles. The predicted octanol–water partition coefficient (Wildman–Crippen LogP) is 4.78. The van der Waals surface area contributed by atoms with Gasteiger partial charge in [0.1, 0.15) is 12.1 Å². The van der Waals surface area contributed by atoms with Gasteiger partial charge in [0.25, 0.3) is 0 Å². The van der Waals surface area contributed by atoms with Gasteiger partial charge in [0, 0.05) is 16.5 Å². The first-order valence-corrected chi connectivity index (χ1v) is 7.68. The molecule has 3 rings (SSSR count). The van der Waals surface area contributed by atoms with Crippen LogP contribution in [0, 0.1) is 0 Å². The van der Waals surface area contributed by atoms with E-state index in [9.17, 15) is 4.79 Å². The van der Waals surface area contributed by atoms with Crippen LogP contribution in [0.5, 0.6) is 11.6 Å². The van der Waals surface area contributed by atoms with Crippen LogP contribution in [0.25, 0.3) is 10.9 Å². The molecule has 3 aromatic rings. The van der Waals surface area contributed by atoms with E-state index in [1.54, 1.807) is 24.3 Å². The van der Waals surface area contributed by atoms with Gasteiger partial charge in [-0.05, 0) is 42.5 Å². The fraction of sp³-hybridized carbons (Fsp3) is 0.118. The van der Waals surface area contributed by atoms with E-state index in [-0.39, 0.29) is 5.78 Å². The summed E-state index contributed by atoms with van der Waals surface area (Å²) in [5.41, 5.74) is 1.50. The number of ketones is 1. The lowest BCUT2D eigenvalue weighted by atomic mass is 10.1. The van der Waals surface area contributed by atoms with E-state index in [0.717, 1.165) is 15.4 Å². The van der Waals surface area contributed by atoms with Gasteiger partial charge in [-0.1, -0.05) is 22.9 Å². The fourth-order valence-corrected chi connectivity index (χ4v) is 2.47. The number of halogens is 1. The Labute approximate surface area is 136 Å². The summed E-state index contributed by atoms with van der Waals surface area (Å²) in [4.78, 5) is 20.0. The normalized spacial score (nSPS) is 10.6. The number of rotatable bonds is 4. The first-order chi connectivity index (χ1) is 10.7. The highest BCUT2D eigenvalue weighted by Crippen LogP contribution is 2.28. The fourth-order valence-electron chi connectivity index (χ4n) is 2.11. The smallest absolute Gasteiger partial charge is 0.230 e. The summed E-state index contributed by atoms with van der Waals surface area (Å²) >= 11 is 3.44. The van der Waals surface area contributed by atoms with Gasteiger partial charge in [-0.15, -0.1) is 0 Å². The monoisotopic (exact) mass is 356 g/mol. The molecule has 0 spiro atoms. The summed E-state index contributed by atoms with van der Waals surface area (Å²) < 4.78 is 6.77. The second-order valence-corrected chi connectivity index (χ2v) is 5.66. The predicted molar refractivity (Wildman–Crippen MR) is 88.4 cm³/mol. The summed E-state index contributed by atoms with van der Waals surface area (Å²) in [6, 6.07) is 12.8. The van der Waals surface area contributed by atoms with E-state index in [0.29, 0.717) is 23.6 Å². The van der Waals surface area contributed by atoms with Crippen LogP contribution in [-0.2, 0) is 0 Å². The molecule has 0 aliphatic rings. The number of carbonyl (C=O) groups is 1. The number of nitrogens with zero attached hydrogens (tertiary/aromatic N) is 2. The molecule has 5 heteroatoms. The molecule has 0 aliphatic carbocycles. The number of hydrogen-bond donors (Lipinski definition) is 0. The van der Waals surface area contributed by atoms with E-state index >= 15 is 0 Å². The van der Waals surface area contributed by atoms with Gasteiger partial charge < -0.3 is 4.74 Å². The molecule has 22 heavy (non-hydrogen) atoms. The highest BCUT2D eigenvalue weighted by atomic mass is 79.9. The second kappa shape index (κ2) is 6.23. The molecule has 0 unspecified atom stereocenters. The van der Waals surface area contributed by atoms with Gasteiger partial charge in [0.05, 0.1) is 10.9 Å². The van der Waals surface area contributed by atoms with Gasteiger partial charge >= 0.3 is 0 Å². The zero-order chi connectivity index (χ0) is 15.5. The van der Waals surface area contributed by atoms with Crippen molar-refractivity contribution in [3.05, 3.63) is 58.8 Å². The Morgan fingerprint density at radius 2 is 1.91 bits per heavy atom. The van der Waals surface area contributed by atoms with Crippen LogP contribution in [0.2, 0.25) is 0 Å². The highest BCUT2D eigenvalue weighted by molar-refractivity contribution is 9.10. The third-order valence-corrected chi connectivity index (χ3v) is 3.77. The first kappa shape index (κ1) is 14.7. The Kier molecular flexibility index (Phi) is 4.15. The zero-order valence-electron chi connectivity index (χ0n) is 11.9. The van der Waals surface area contributed by atoms with Crippen LogP contribution in [-0.4, -0.2) is 15.8 Å². The summed E-state index contributed by atoms with van der Waals surface area (Å²) in [7, 11) is 0. The van der Waals surface area contributed by atoms with Crippen molar-refractivity contribution in [1.82, 2.24) is 9.97 Å². The molecule has 0 N–H and O–H groups in total. The molecule has 110 valence electrons. The summed E-state index contributed by atoms with van der Waals surface area (Å²) in [6.07, 6.45) is 1.96. The Bertz CT molecular complexity index is 832. The maximum atomic E-state index is 11.6. The number of carbonyl (C=O) groups excluding carboxylic acids is 1. The third-order valence-electron chi connectivity index (χ3n) is 3.27. The standard InChI is InChI=1S/C17H13BrN2O2/c1-2-16(21)11-3-6-13(7-4-11)22-17-14-9-12(18)5-8-15(14)19-10-20-17/h3-10H,2H2,1H3. The van der Waals surface area contributed by atoms with E-state index in [1.165, 1.54) is 6.33 Å². The lowest BCUT2D eigenvalue weighted by Crippen LogP contribution is -1.96. The van der Waals surface area contributed by atoms with Crippen molar-refractivity contribution in [3.63, 3.8) is 0 Å². The van der Waals surface area contributed by atoms with E-state index in [4.69, 9.17) is 4.74 Å². The minimum atomic E-state index is 0.114. The quantitative estimate of drug-likeness (QED) is 0.631. The van der Waals surface area contributed by atoms with Crippen LogP contribution in [0.4, 0.5) is 0 Å². The number of hydrogen-bond acceptors (Lipinski definition) is 4. The van der Waals surface area contributed by atoms with Crippen molar-refractivity contribution >= 4 is 32.6 Å². The molecule has 0 aliphatic heterocycles. The van der Waals surface area contributed by atoms with Crippen LogP contribution in [0.3, 0.4) is 0 Å². The van der Waals surface area contributed by atoms with Crippen LogP contribution < -0.4 is 4.74 Å². The van der Waals surface area contributed by atoms with Gasteiger partial charge in [-0.25, -0.2) is 9.97 Å². The topological polar surface area (TPSA) is 52.1 Å². The maximum absolute atomic E-state index is 11.6. The van der Waals surface area contributed by atoms with E-state index < -0.39 is 0 Å². The first-order valence-electron chi connectivity index (χ1n) is 6.89. The molecule has 0 saturated carbocycles. The highest BCUT2D eigenvalue weighted by Gasteiger charge is 2.08. The van der Waals surface area contributed by atoms with Gasteiger partial charge in [-0.2, -0.15) is 0 Å². The Morgan fingerprint density at radius 1 is 1.14 bits per heavy atom. The molecule has 0 radical (unpaired) electrons. The molecular weight excluding hydrogens is 344 g/mol. The average Bonchev–Trinajstić information content (AvgIpc) is 2.55. The largest absolute Gasteiger partial charge is 0.438 e. The Hall–Kier alpha value is -2.27. The van der Waals surface area contributed by atoms with Crippen molar-refractivity contribution in [2.75, 3.05) is 0 Å².